The molecule has 1 nitrogen and oxygen atoms in total. The van der Waals surface area contributed by atoms with Gasteiger partial charge in [0.05, 0.1) is 7.05 Å². The summed E-state index contributed by atoms with van der Waals surface area (Å²) in [5.74, 6) is 0. The first kappa shape index (κ1) is 10.6. The van der Waals surface area contributed by atoms with Crippen molar-refractivity contribution in [2.45, 2.75) is 13.1 Å². The van der Waals surface area contributed by atoms with Gasteiger partial charge in [0.2, 0.25) is 0 Å². The Morgan fingerprint density at radius 3 is 1.71 bits per heavy atom. The average Bonchev–Trinajstić information content (AvgIpc) is 2.37. The molecule has 3 rings (SSSR count). The van der Waals surface area contributed by atoms with Gasteiger partial charge in [0.25, 0.3) is 0 Å². The van der Waals surface area contributed by atoms with E-state index in [1.54, 1.807) is 0 Å². The molecule has 84 valence electrons. The minimum atomic E-state index is -1.60. The summed E-state index contributed by atoms with van der Waals surface area (Å²) in [7, 11) is 4.64. The summed E-state index contributed by atoms with van der Waals surface area (Å²) in [6.07, 6.45) is 0. The molecular weight excluding hydrogens is 222 g/mol. The topological polar surface area (TPSA) is 3.24 Å². The first-order valence-electron chi connectivity index (χ1n) is 5.86. The Morgan fingerprint density at radius 1 is 0.824 bits per heavy atom. The van der Waals surface area contributed by atoms with E-state index in [1.165, 1.54) is 10.4 Å². The lowest BCUT2D eigenvalue weighted by Gasteiger charge is -2.38. The van der Waals surface area contributed by atoms with Gasteiger partial charge in [-0.2, -0.15) is 0 Å². The van der Waals surface area contributed by atoms with E-state index in [-0.39, 0.29) is 0 Å². The third-order valence-corrected chi connectivity index (χ3v) is 7.21. The molecule has 2 heteroatoms. The van der Waals surface area contributed by atoms with Crippen LogP contribution in [0.25, 0.3) is 0 Å². The van der Waals surface area contributed by atoms with E-state index in [4.69, 9.17) is 7.05 Å². The summed E-state index contributed by atoms with van der Waals surface area (Å²) >= 11 is 0. The fourth-order valence-corrected chi connectivity index (χ4v) is 5.70. The van der Waals surface area contributed by atoms with Crippen molar-refractivity contribution in [1.29, 1.82) is 0 Å². The monoisotopic (exact) mass is 237 g/mol. The minimum Gasteiger partial charge on any atom is -0.334 e. The average molecular weight is 237 g/mol. The van der Waals surface area contributed by atoms with Crippen LogP contribution in [0.15, 0.2) is 48.5 Å². The Labute approximate surface area is 104 Å². The molecule has 0 aromatic heterocycles. The SMILES string of the molecule is [CH]N1c2ccccc2[Si](C)(C)c2ccccc21. The van der Waals surface area contributed by atoms with E-state index in [0.717, 1.165) is 11.4 Å². The Morgan fingerprint density at radius 2 is 1.24 bits per heavy atom. The highest BCUT2D eigenvalue weighted by Crippen LogP contribution is 2.30. The van der Waals surface area contributed by atoms with Crippen LogP contribution in [0.5, 0.6) is 0 Å². The molecule has 2 radical (unpaired) electrons. The molecule has 0 fully saturated rings. The van der Waals surface area contributed by atoms with E-state index in [0.29, 0.717) is 0 Å². The van der Waals surface area contributed by atoms with Crippen LogP contribution >= 0.6 is 0 Å². The van der Waals surface area contributed by atoms with E-state index in [1.807, 2.05) is 4.90 Å². The van der Waals surface area contributed by atoms with Gasteiger partial charge in [0.1, 0.15) is 8.07 Å². The molecule has 17 heavy (non-hydrogen) atoms. The molecule has 2 aromatic carbocycles. The molecular formula is C15H15NSi. The molecule has 0 bridgehead atoms. The van der Waals surface area contributed by atoms with Gasteiger partial charge in [-0.05, 0) is 22.5 Å². The molecule has 1 aliphatic rings. The van der Waals surface area contributed by atoms with Crippen LogP contribution in [0.4, 0.5) is 11.4 Å². The third kappa shape index (κ3) is 1.37. The molecule has 0 saturated carbocycles. The van der Waals surface area contributed by atoms with Crippen LogP contribution in [-0.2, 0) is 0 Å². The summed E-state index contributed by atoms with van der Waals surface area (Å²) in [6.45, 7) is 4.77. The van der Waals surface area contributed by atoms with Crippen molar-refractivity contribution >= 4 is 29.8 Å². The van der Waals surface area contributed by atoms with Crippen molar-refractivity contribution < 1.29 is 0 Å². The van der Waals surface area contributed by atoms with Crippen molar-refractivity contribution in [1.82, 2.24) is 0 Å². The first-order chi connectivity index (χ1) is 8.12. The number of benzene rings is 2. The maximum atomic E-state index is 6.23. The molecule has 0 aliphatic carbocycles. The van der Waals surface area contributed by atoms with Crippen molar-refractivity contribution in [3.05, 3.63) is 55.6 Å². The minimum absolute atomic E-state index is 1.16. The number of fused-ring (bicyclic) bond motifs is 2. The third-order valence-electron chi connectivity index (χ3n) is 3.67. The second kappa shape index (κ2) is 3.47. The number of para-hydroxylation sites is 2. The van der Waals surface area contributed by atoms with E-state index < -0.39 is 8.07 Å². The summed E-state index contributed by atoms with van der Waals surface area (Å²) in [6, 6.07) is 17.0. The standard InChI is InChI=1S/C15H15NSi/c1-16-12-8-4-6-10-14(12)17(2,3)15-11-7-5-9-13(15)16/h1,4-11H,2-3H3. The predicted molar refractivity (Wildman–Crippen MR) is 76.1 cm³/mol. The zero-order valence-electron chi connectivity index (χ0n) is 10.1. The highest BCUT2D eigenvalue weighted by molar-refractivity contribution is 7.02. The van der Waals surface area contributed by atoms with Crippen LogP contribution < -0.4 is 15.3 Å². The Balaban J connectivity index is 2.34. The first-order valence-corrected chi connectivity index (χ1v) is 8.86. The van der Waals surface area contributed by atoms with Crippen LogP contribution in [0.3, 0.4) is 0 Å². The molecule has 1 heterocycles. The molecule has 1 aliphatic heterocycles. The molecule has 0 N–H and O–H groups in total. The van der Waals surface area contributed by atoms with Gasteiger partial charge in [-0.3, -0.25) is 0 Å². The molecule has 2 aromatic rings. The fraction of sp³-hybridized carbons (Fsp3) is 0.133. The molecule has 0 atom stereocenters. The molecule has 0 saturated heterocycles. The second-order valence-electron chi connectivity index (χ2n) is 5.03. The van der Waals surface area contributed by atoms with Crippen LogP contribution in [0.1, 0.15) is 0 Å². The fourth-order valence-electron chi connectivity index (χ4n) is 2.70. The lowest BCUT2D eigenvalue weighted by atomic mass is 10.2. The number of anilines is 2. The van der Waals surface area contributed by atoms with Gasteiger partial charge < -0.3 is 4.90 Å². The molecule has 0 amide bonds. The van der Waals surface area contributed by atoms with E-state index in [9.17, 15) is 0 Å². The van der Waals surface area contributed by atoms with Crippen molar-refractivity contribution in [3.8, 4) is 0 Å². The molecule has 0 unspecified atom stereocenters. The van der Waals surface area contributed by atoms with Gasteiger partial charge in [0, 0.05) is 11.4 Å². The summed E-state index contributed by atoms with van der Waals surface area (Å²) in [5.41, 5.74) is 2.31. The van der Waals surface area contributed by atoms with Crippen molar-refractivity contribution in [2.24, 2.45) is 0 Å². The van der Waals surface area contributed by atoms with Crippen LogP contribution in [0, 0.1) is 7.05 Å². The van der Waals surface area contributed by atoms with Gasteiger partial charge in [-0.25, -0.2) is 0 Å². The van der Waals surface area contributed by atoms with Crippen LogP contribution in [0.2, 0.25) is 13.1 Å². The quantitative estimate of drug-likeness (QED) is 0.637. The van der Waals surface area contributed by atoms with E-state index in [2.05, 4.69) is 61.6 Å². The largest absolute Gasteiger partial charge is 0.334 e. The van der Waals surface area contributed by atoms with Gasteiger partial charge in [0.15, 0.2) is 0 Å². The lowest BCUT2D eigenvalue weighted by Crippen LogP contribution is -2.58. The number of rotatable bonds is 0. The highest BCUT2D eigenvalue weighted by Gasteiger charge is 2.36. The Kier molecular flexibility index (Phi) is 2.17. The van der Waals surface area contributed by atoms with Crippen molar-refractivity contribution in [2.75, 3.05) is 4.90 Å². The van der Waals surface area contributed by atoms with Gasteiger partial charge >= 0.3 is 0 Å². The Hall–Kier alpha value is -1.54. The number of hydrogen-bond donors (Lipinski definition) is 0. The maximum absolute atomic E-state index is 6.23. The van der Waals surface area contributed by atoms with Gasteiger partial charge in [-0.1, -0.05) is 49.5 Å². The van der Waals surface area contributed by atoms with E-state index >= 15 is 0 Å². The number of hydrogen-bond acceptors (Lipinski definition) is 1. The van der Waals surface area contributed by atoms with Gasteiger partial charge in [-0.15, -0.1) is 0 Å². The normalized spacial score (nSPS) is 16.3. The summed E-state index contributed by atoms with van der Waals surface area (Å²) in [5, 5.41) is 2.84. The highest BCUT2D eigenvalue weighted by atomic mass is 28.3. The smallest absolute Gasteiger partial charge is 0.117 e. The Bertz CT molecular complexity index is 525. The molecule has 0 spiro atoms. The zero-order chi connectivity index (χ0) is 12.0. The van der Waals surface area contributed by atoms with Crippen LogP contribution in [-0.4, -0.2) is 8.07 Å². The van der Waals surface area contributed by atoms with Crippen molar-refractivity contribution in [3.63, 3.8) is 0 Å². The number of nitrogens with zero attached hydrogens (tertiary/aromatic N) is 1. The zero-order valence-corrected chi connectivity index (χ0v) is 11.1. The maximum Gasteiger partial charge on any atom is 0.117 e. The predicted octanol–water partition coefficient (Wildman–Crippen LogP) is 2.63. The summed E-state index contributed by atoms with van der Waals surface area (Å²) < 4.78 is 0. The lowest BCUT2D eigenvalue weighted by molar-refractivity contribution is 1.29. The second-order valence-corrected chi connectivity index (χ2v) is 9.36. The summed E-state index contributed by atoms with van der Waals surface area (Å²) in [4.78, 5) is 1.82.